The number of nitrogens with zero attached hydrogens (tertiary/aromatic N) is 1. The lowest BCUT2D eigenvalue weighted by atomic mass is 10.1. The molecule has 1 aliphatic heterocycles. The summed E-state index contributed by atoms with van der Waals surface area (Å²) in [6.07, 6.45) is -3.40. The maximum absolute atomic E-state index is 13.4. The summed E-state index contributed by atoms with van der Waals surface area (Å²) in [5.74, 6) is 0. The molecule has 0 unspecified atom stereocenters. The van der Waals surface area contributed by atoms with Gasteiger partial charge in [-0.05, 0) is 68.8 Å². The lowest BCUT2D eigenvalue weighted by Gasteiger charge is -2.34. The van der Waals surface area contributed by atoms with Gasteiger partial charge >= 0.3 is 6.18 Å². The van der Waals surface area contributed by atoms with E-state index in [-0.39, 0.29) is 28.1 Å². The molecule has 29 heavy (non-hydrogen) atoms. The number of nitrogens with one attached hydrogen (secondary N) is 1. The fraction of sp³-hybridized carbons (Fsp3) is 0.400. The van der Waals surface area contributed by atoms with Gasteiger partial charge in [0.1, 0.15) is 0 Å². The van der Waals surface area contributed by atoms with Crippen molar-refractivity contribution >= 4 is 21.6 Å². The van der Waals surface area contributed by atoms with Crippen molar-refractivity contribution < 1.29 is 21.6 Å². The first-order chi connectivity index (χ1) is 13.6. The van der Waals surface area contributed by atoms with Crippen molar-refractivity contribution in [3.8, 4) is 0 Å². The zero-order chi connectivity index (χ0) is 21.2. The van der Waals surface area contributed by atoms with Crippen LogP contribution < -0.4 is 5.32 Å². The Morgan fingerprint density at radius 1 is 1.10 bits per heavy atom. The molecular formula is C20H22ClF3N2O2S. The molecule has 0 aliphatic carbocycles. The molecule has 0 spiro atoms. The van der Waals surface area contributed by atoms with Crippen molar-refractivity contribution in [2.75, 3.05) is 13.1 Å². The minimum Gasteiger partial charge on any atom is -0.317 e. The molecule has 1 fully saturated rings. The van der Waals surface area contributed by atoms with E-state index in [0.717, 1.165) is 17.7 Å². The zero-order valence-electron chi connectivity index (χ0n) is 15.8. The lowest BCUT2D eigenvalue weighted by molar-refractivity contribution is -0.137. The quantitative estimate of drug-likeness (QED) is 0.729. The molecule has 1 N–H and O–H groups in total. The number of rotatable bonds is 5. The van der Waals surface area contributed by atoms with Crippen molar-refractivity contribution in [3.63, 3.8) is 0 Å². The summed E-state index contributed by atoms with van der Waals surface area (Å²) >= 11 is 5.90. The molecule has 1 heterocycles. The summed E-state index contributed by atoms with van der Waals surface area (Å²) < 4.78 is 67.6. The second-order valence-electron chi connectivity index (χ2n) is 7.19. The van der Waals surface area contributed by atoms with Gasteiger partial charge in [0, 0.05) is 17.6 Å². The Kier molecular flexibility index (Phi) is 6.57. The standard InChI is InChI=1S/C20H22ClF3N2O2S/c1-14-2-4-19(5-3-14)29(27,28)26(18-6-8-25-9-7-18)13-15-10-16(20(22,23)24)12-17(21)11-15/h2-5,10-12,18,25H,6-9,13H2,1H3. The molecule has 0 amide bonds. The first-order valence-electron chi connectivity index (χ1n) is 9.23. The fourth-order valence-electron chi connectivity index (χ4n) is 3.44. The van der Waals surface area contributed by atoms with Gasteiger partial charge < -0.3 is 5.32 Å². The number of sulfonamides is 1. The van der Waals surface area contributed by atoms with Gasteiger partial charge in [-0.3, -0.25) is 0 Å². The van der Waals surface area contributed by atoms with Crippen LogP contribution in [-0.2, 0) is 22.7 Å². The van der Waals surface area contributed by atoms with E-state index in [1.54, 1.807) is 12.1 Å². The topological polar surface area (TPSA) is 49.4 Å². The number of halogens is 4. The van der Waals surface area contributed by atoms with E-state index >= 15 is 0 Å². The van der Waals surface area contributed by atoms with Crippen LogP contribution in [0.2, 0.25) is 5.02 Å². The number of hydrogen-bond donors (Lipinski definition) is 1. The highest BCUT2D eigenvalue weighted by atomic mass is 35.5. The van der Waals surface area contributed by atoms with Crippen LogP contribution in [0, 0.1) is 6.92 Å². The summed E-state index contributed by atoms with van der Waals surface area (Å²) in [6.45, 7) is 2.97. The van der Waals surface area contributed by atoms with Gasteiger partial charge in [-0.25, -0.2) is 8.42 Å². The molecule has 4 nitrogen and oxygen atoms in total. The van der Waals surface area contributed by atoms with E-state index in [0.29, 0.717) is 25.9 Å². The van der Waals surface area contributed by atoms with Gasteiger partial charge in [0.05, 0.1) is 10.5 Å². The molecule has 0 radical (unpaired) electrons. The van der Waals surface area contributed by atoms with E-state index in [4.69, 9.17) is 11.6 Å². The van der Waals surface area contributed by atoms with Crippen LogP contribution in [0.25, 0.3) is 0 Å². The largest absolute Gasteiger partial charge is 0.416 e. The normalized spacial score (nSPS) is 16.3. The average molecular weight is 447 g/mol. The first-order valence-corrected chi connectivity index (χ1v) is 11.0. The van der Waals surface area contributed by atoms with Crippen LogP contribution >= 0.6 is 11.6 Å². The third-order valence-electron chi connectivity index (χ3n) is 4.97. The van der Waals surface area contributed by atoms with Crippen LogP contribution in [0.15, 0.2) is 47.4 Å². The summed E-state index contributed by atoms with van der Waals surface area (Å²) in [5.41, 5.74) is 0.235. The van der Waals surface area contributed by atoms with Crippen LogP contribution in [-0.4, -0.2) is 31.9 Å². The van der Waals surface area contributed by atoms with Crippen LogP contribution in [0.1, 0.15) is 29.5 Å². The summed E-state index contributed by atoms with van der Waals surface area (Å²) in [4.78, 5) is 0.125. The Hall–Kier alpha value is -1.61. The van der Waals surface area contributed by atoms with Crippen molar-refractivity contribution in [1.29, 1.82) is 0 Å². The minimum atomic E-state index is -4.56. The Morgan fingerprint density at radius 3 is 2.31 bits per heavy atom. The van der Waals surface area contributed by atoms with Gasteiger partial charge in [-0.2, -0.15) is 17.5 Å². The van der Waals surface area contributed by atoms with Gasteiger partial charge in [-0.15, -0.1) is 0 Å². The van der Waals surface area contributed by atoms with E-state index < -0.39 is 21.8 Å². The minimum absolute atomic E-state index is 0.0761. The van der Waals surface area contributed by atoms with Crippen molar-refractivity contribution in [2.45, 2.75) is 43.4 Å². The highest BCUT2D eigenvalue weighted by molar-refractivity contribution is 7.89. The van der Waals surface area contributed by atoms with Crippen LogP contribution in [0.5, 0.6) is 0 Å². The van der Waals surface area contributed by atoms with Gasteiger partial charge in [0.2, 0.25) is 10.0 Å². The molecule has 0 saturated carbocycles. The highest BCUT2D eigenvalue weighted by Gasteiger charge is 2.34. The summed E-state index contributed by atoms with van der Waals surface area (Å²) in [7, 11) is -3.90. The van der Waals surface area contributed by atoms with Crippen molar-refractivity contribution in [2.24, 2.45) is 0 Å². The zero-order valence-corrected chi connectivity index (χ0v) is 17.4. The molecule has 158 valence electrons. The van der Waals surface area contributed by atoms with E-state index in [1.165, 1.54) is 22.5 Å². The molecule has 3 rings (SSSR count). The fourth-order valence-corrected chi connectivity index (χ4v) is 5.37. The number of benzene rings is 2. The number of hydrogen-bond acceptors (Lipinski definition) is 3. The predicted octanol–water partition coefficient (Wildman–Crippen LogP) is 4.61. The van der Waals surface area contributed by atoms with Gasteiger partial charge in [-0.1, -0.05) is 29.3 Å². The third kappa shape index (κ3) is 5.31. The molecule has 1 saturated heterocycles. The Balaban J connectivity index is 2.01. The average Bonchev–Trinajstić information content (AvgIpc) is 2.66. The van der Waals surface area contributed by atoms with E-state index in [9.17, 15) is 21.6 Å². The smallest absolute Gasteiger partial charge is 0.317 e. The maximum atomic E-state index is 13.4. The molecular weight excluding hydrogens is 425 g/mol. The molecule has 0 aromatic heterocycles. The third-order valence-corrected chi connectivity index (χ3v) is 7.10. The van der Waals surface area contributed by atoms with Gasteiger partial charge in [0.15, 0.2) is 0 Å². The van der Waals surface area contributed by atoms with Crippen LogP contribution in [0.4, 0.5) is 13.2 Å². The summed E-state index contributed by atoms with van der Waals surface area (Å²) in [5, 5.41) is 3.10. The first kappa shape index (κ1) is 22.1. The Bertz CT molecular complexity index is 957. The number of piperidine rings is 1. The van der Waals surface area contributed by atoms with Crippen molar-refractivity contribution in [1.82, 2.24) is 9.62 Å². The lowest BCUT2D eigenvalue weighted by Crippen LogP contribution is -2.45. The van der Waals surface area contributed by atoms with Gasteiger partial charge in [0.25, 0.3) is 0 Å². The second kappa shape index (κ2) is 8.63. The highest BCUT2D eigenvalue weighted by Crippen LogP contribution is 2.33. The number of aryl methyl sites for hydroxylation is 1. The molecule has 0 bridgehead atoms. The molecule has 2 aromatic carbocycles. The Morgan fingerprint density at radius 2 is 1.72 bits per heavy atom. The Labute approximate surface area is 173 Å². The monoisotopic (exact) mass is 446 g/mol. The van der Waals surface area contributed by atoms with E-state index in [2.05, 4.69) is 5.32 Å². The predicted molar refractivity (Wildman–Crippen MR) is 106 cm³/mol. The number of alkyl halides is 3. The second-order valence-corrected chi connectivity index (χ2v) is 9.52. The summed E-state index contributed by atoms with van der Waals surface area (Å²) in [6, 6.07) is 9.34. The molecule has 1 aliphatic rings. The molecule has 9 heteroatoms. The van der Waals surface area contributed by atoms with E-state index in [1.807, 2.05) is 6.92 Å². The SMILES string of the molecule is Cc1ccc(S(=O)(=O)N(Cc2cc(Cl)cc(C(F)(F)F)c2)C2CCNCC2)cc1. The molecule has 2 aromatic rings. The maximum Gasteiger partial charge on any atom is 0.416 e. The van der Waals surface area contributed by atoms with Crippen LogP contribution in [0.3, 0.4) is 0 Å². The molecule has 0 atom stereocenters. The van der Waals surface area contributed by atoms with Crippen molar-refractivity contribution in [3.05, 3.63) is 64.2 Å².